The maximum absolute atomic E-state index is 12.3. The molecule has 5 heteroatoms. The minimum absolute atomic E-state index is 0.0897. The first-order chi connectivity index (χ1) is 11.8. The van der Waals surface area contributed by atoms with E-state index in [9.17, 15) is 4.79 Å². The van der Waals surface area contributed by atoms with Crippen molar-refractivity contribution in [3.8, 4) is 0 Å². The standard InChI is InChI=1S/C20H28N4O/c1-14(2)12-13-21-18-11-10-17(23-24-18)19(25)22-16-8-6-15(7-9-16)20(3,4)5/h6-11,14H,12-13H2,1-5H3,(H,21,24)(H,22,25). The van der Waals surface area contributed by atoms with Crippen LogP contribution in [0, 0.1) is 5.92 Å². The highest BCUT2D eigenvalue weighted by Gasteiger charge is 2.14. The average molecular weight is 340 g/mol. The highest BCUT2D eigenvalue weighted by Crippen LogP contribution is 2.23. The molecule has 0 spiro atoms. The largest absolute Gasteiger partial charge is 0.369 e. The Bertz CT molecular complexity index is 685. The van der Waals surface area contributed by atoms with E-state index in [0.29, 0.717) is 17.4 Å². The first kappa shape index (κ1) is 18.9. The molecule has 0 aliphatic heterocycles. The Hall–Kier alpha value is -2.43. The van der Waals surface area contributed by atoms with Crippen molar-refractivity contribution in [3.63, 3.8) is 0 Å². The fraction of sp³-hybridized carbons (Fsp3) is 0.450. The summed E-state index contributed by atoms with van der Waals surface area (Å²) in [7, 11) is 0. The van der Waals surface area contributed by atoms with Gasteiger partial charge in [-0.25, -0.2) is 0 Å². The van der Waals surface area contributed by atoms with E-state index >= 15 is 0 Å². The lowest BCUT2D eigenvalue weighted by atomic mass is 9.87. The molecular formula is C20H28N4O. The van der Waals surface area contributed by atoms with Gasteiger partial charge in [0, 0.05) is 12.2 Å². The van der Waals surface area contributed by atoms with Gasteiger partial charge in [-0.2, -0.15) is 0 Å². The van der Waals surface area contributed by atoms with E-state index in [1.807, 2.05) is 24.3 Å². The second-order valence-electron chi connectivity index (χ2n) is 7.69. The molecule has 0 saturated carbocycles. The number of rotatable bonds is 6. The summed E-state index contributed by atoms with van der Waals surface area (Å²) in [4.78, 5) is 12.3. The SMILES string of the molecule is CC(C)CCNc1ccc(C(=O)Nc2ccc(C(C)(C)C)cc2)nn1. The molecule has 2 rings (SSSR count). The van der Waals surface area contributed by atoms with Crippen molar-refractivity contribution in [3.05, 3.63) is 47.7 Å². The summed E-state index contributed by atoms with van der Waals surface area (Å²) >= 11 is 0. The van der Waals surface area contributed by atoms with Crippen molar-refractivity contribution in [2.24, 2.45) is 5.92 Å². The van der Waals surface area contributed by atoms with Crippen LogP contribution in [0.4, 0.5) is 11.5 Å². The van der Waals surface area contributed by atoms with Crippen LogP contribution >= 0.6 is 0 Å². The molecule has 0 atom stereocenters. The molecule has 2 N–H and O–H groups in total. The van der Waals surface area contributed by atoms with E-state index in [4.69, 9.17) is 0 Å². The molecule has 0 unspecified atom stereocenters. The normalized spacial score (nSPS) is 11.4. The third-order valence-corrected chi connectivity index (χ3v) is 3.93. The van der Waals surface area contributed by atoms with Crippen LogP contribution in [0.15, 0.2) is 36.4 Å². The molecule has 134 valence electrons. The van der Waals surface area contributed by atoms with Crippen molar-refractivity contribution in [1.82, 2.24) is 10.2 Å². The van der Waals surface area contributed by atoms with Crippen molar-refractivity contribution in [2.45, 2.75) is 46.5 Å². The van der Waals surface area contributed by atoms with Crippen LogP contribution in [-0.2, 0) is 5.41 Å². The Kier molecular flexibility index (Phi) is 6.12. The highest BCUT2D eigenvalue weighted by molar-refractivity contribution is 6.02. The molecule has 0 radical (unpaired) electrons. The van der Waals surface area contributed by atoms with Crippen LogP contribution in [0.2, 0.25) is 0 Å². The second-order valence-corrected chi connectivity index (χ2v) is 7.69. The minimum Gasteiger partial charge on any atom is -0.369 e. The van der Waals surface area contributed by atoms with Crippen LogP contribution in [0.25, 0.3) is 0 Å². The van der Waals surface area contributed by atoms with E-state index < -0.39 is 0 Å². The fourth-order valence-corrected chi connectivity index (χ4v) is 2.29. The van der Waals surface area contributed by atoms with Crippen molar-refractivity contribution in [1.29, 1.82) is 0 Å². The number of carbonyl (C=O) groups excluding carboxylic acids is 1. The van der Waals surface area contributed by atoms with Gasteiger partial charge in [0.1, 0.15) is 5.82 Å². The molecule has 1 aromatic heterocycles. The van der Waals surface area contributed by atoms with Crippen molar-refractivity contribution in [2.75, 3.05) is 17.2 Å². The molecule has 1 amide bonds. The van der Waals surface area contributed by atoms with E-state index in [1.54, 1.807) is 12.1 Å². The molecule has 1 aromatic carbocycles. The molecule has 0 saturated heterocycles. The molecule has 1 heterocycles. The van der Waals surface area contributed by atoms with Gasteiger partial charge in [0.25, 0.3) is 5.91 Å². The van der Waals surface area contributed by atoms with E-state index in [-0.39, 0.29) is 11.3 Å². The minimum atomic E-state index is -0.260. The predicted molar refractivity (Wildman–Crippen MR) is 103 cm³/mol. The number of nitrogens with zero attached hydrogens (tertiary/aromatic N) is 2. The Morgan fingerprint density at radius 1 is 1.04 bits per heavy atom. The van der Waals surface area contributed by atoms with Crippen LogP contribution < -0.4 is 10.6 Å². The van der Waals surface area contributed by atoms with Crippen molar-refractivity contribution >= 4 is 17.4 Å². The maximum Gasteiger partial charge on any atom is 0.276 e. The van der Waals surface area contributed by atoms with Gasteiger partial charge in [-0.15, -0.1) is 10.2 Å². The number of amides is 1. The zero-order valence-electron chi connectivity index (χ0n) is 15.8. The van der Waals surface area contributed by atoms with E-state index in [1.165, 1.54) is 5.56 Å². The number of hydrogen-bond acceptors (Lipinski definition) is 4. The van der Waals surface area contributed by atoms with Crippen LogP contribution in [0.3, 0.4) is 0 Å². The lowest BCUT2D eigenvalue weighted by molar-refractivity contribution is 0.102. The van der Waals surface area contributed by atoms with Gasteiger partial charge in [0.2, 0.25) is 0 Å². The number of benzene rings is 1. The number of hydrogen-bond donors (Lipinski definition) is 2. The van der Waals surface area contributed by atoms with Crippen LogP contribution in [0.1, 0.15) is 57.1 Å². The number of nitrogens with one attached hydrogen (secondary N) is 2. The van der Waals surface area contributed by atoms with Crippen LogP contribution in [0.5, 0.6) is 0 Å². The summed E-state index contributed by atoms with van der Waals surface area (Å²) in [6.45, 7) is 11.7. The Morgan fingerprint density at radius 2 is 1.72 bits per heavy atom. The molecule has 0 fully saturated rings. The van der Waals surface area contributed by atoms with Gasteiger partial charge in [-0.3, -0.25) is 4.79 Å². The average Bonchev–Trinajstić information content (AvgIpc) is 2.55. The highest BCUT2D eigenvalue weighted by atomic mass is 16.1. The van der Waals surface area contributed by atoms with E-state index in [2.05, 4.69) is 55.4 Å². The van der Waals surface area contributed by atoms with Crippen LogP contribution in [-0.4, -0.2) is 22.6 Å². The Morgan fingerprint density at radius 3 is 2.24 bits per heavy atom. The monoisotopic (exact) mass is 340 g/mol. The van der Waals surface area contributed by atoms with Gasteiger partial charge >= 0.3 is 0 Å². The summed E-state index contributed by atoms with van der Waals surface area (Å²) in [5, 5.41) is 14.1. The summed E-state index contributed by atoms with van der Waals surface area (Å²) in [5.41, 5.74) is 2.36. The first-order valence-electron chi connectivity index (χ1n) is 8.75. The quantitative estimate of drug-likeness (QED) is 0.813. The smallest absolute Gasteiger partial charge is 0.276 e. The lowest BCUT2D eigenvalue weighted by Gasteiger charge is -2.19. The Balaban J connectivity index is 1.94. The summed E-state index contributed by atoms with van der Waals surface area (Å²) in [5.74, 6) is 1.06. The molecular weight excluding hydrogens is 312 g/mol. The zero-order chi connectivity index (χ0) is 18.4. The number of anilines is 2. The molecule has 5 nitrogen and oxygen atoms in total. The van der Waals surface area contributed by atoms with Crippen molar-refractivity contribution < 1.29 is 4.79 Å². The molecule has 0 aliphatic carbocycles. The Labute approximate surface area is 150 Å². The predicted octanol–water partition coefficient (Wildman–Crippen LogP) is 4.48. The van der Waals surface area contributed by atoms with Gasteiger partial charge in [-0.1, -0.05) is 46.8 Å². The van der Waals surface area contributed by atoms with Gasteiger partial charge in [-0.05, 0) is 47.6 Å². The fourth-order valence-electron chi connectivity index (χ4n) is 2.29. The molecule has 0 aliphatic rings. The second kappa shape index (κ2) is 8.10. The summed E-state index contributed by atoms with van der Waals surface area (Å²) in [6.07, 6.45) is 1.06. The molecule has 25 heavy (non-hydrogen) atoms. The third kappa shape index (κ3) is 5.85. The summed E-state index contributed by atoms with van der Waals surface area (Å²) < 4.78 is 0. The molecule has 2 aromatic rings. The molecule has 0 bridgehead atoms. The topological polar surface area (TPSA) is 66.9 Å². The van der Waals surface area contributed by atoms with Gasteiger partial charge < -0.3 is 10.6 Å². The maximum atomic E-state index is 12.3. The zero-order valence-corrected chi connectivity index (χ0v) is 15.8. The van der Waals surface area contributed by atoms with E-state index in [0.717, 1.165) is 18.7 Å². The first-order valence-corrected chi connectivity index (χ1v) is 8.75. The number of aromatic nitrogens is 2. The number of carbonyl (C=O) groups is 1. The van der Waals surface area contributed by atoms with Gasteiger partial charge in [0.15, 0.2) is 5.69 Å². The summed E-state index contributed by atoms with van der Waals surface area (Å²) in [6, 6.07) is 11.3. The lowest BCUT2D eigenvalue weighted by Crippen LogP contribution is -2.16. The van der Waals surface area contributed by atoms with Gasteiger partial charge in [0.05, 0.1) is 0 Å². The third-order valence-electron chi connectivity index (χ3n) is 3.93.